The molecule has 1 aromatic rings. The van der Waals surface area contributed by atoms with E-state index >= 15 is 0 Å². The molecule has 1 fully saturated rings. The fraction of sp³-hybridized carbons (Fsp3) is 0.500. The van der Waals surface area contributed by atoms with Crippen LogP contribution in [0.5, 0.6) is 0 Å². The van der Waals surface area contributed by atoms with Gasteiger partial charge < -0.3 is 9.80 Å². The van der Waals surface area contributed by atoms with Gasteiger partial charge in [-0.3, -0.25) is 0 Å². The maximum Gasteiger partial charge on any atom is 0.150 e. The van der Waals surface area contributed by atoms with Gasteiger partial charge >= 0.3 is 0 Å². The Bertz CT molecular complexity index is 467. The first-order valence-corrected chi connectivity index (χ1v) is 6.44. The fourth-order valence-electron chi connectivity index (χ4n) is 2.40. The number of likely N-dealkylation sites (N-methyl/N-ethyl adjacent to an activating group) is 1. The van der Waals surface area contributed by atoms with Crippen LogP contribution >= 0.6 is 0 Å². The van der Waals surface area contributed by atoms with E-state index in [0.717, 1.165) is 31.8 Å². The maximum atomic E-state index is 13.8. The molecule has 0 amide bonds. The monoisotopic (exact) mass is 265 g/mol. The summed E-state index contributed by atoms with van der Waals surface area (Å²) in [6, 6.07) is 3.89. The average molecular weight is 265 g/mol. The lowest BCUT2D eigenvalue weighted by Crippen LogP contribution is -2.32. The van der Waals surface area contributed by atoms with Crippen molar-refractivity contribution in [2.75, 3.05) is 38.1 Å². The Morgan fingerprint density at radius 1 is 1.26 bits per heavy atom. The van der Waals surface area contributed by atoms with Crippen LogP contribution in [0.2, 0.25) is 0 Å². The molecular weight excluding hydrogens is 248 g/mol. The lowest BCUT2D eigenvalue weighted by Gasteiger charge is -2.24. The van der Waals surface area contributed by atoms with Crippen molar-refractivity contribution in [3.8, 4) is 6.07 Å². The van der Waals surface area contributed by atoms with Gasteiger partial charge in [0.1, 0.15) is 5.69 Å². The van der Waals surface area contributed by atoms with Crippen LogP contribution in [0.4, 0.5) is 14.5 Å². The van der Waals surface area contributed by atoms with E-state index in [0.29, 0.717) is 6.54 Å². The Hall–Kier alpha value is -1.67. The van der Waals surface area contributed by atoms with Gasteiger partial charge in [-0.2, -0.15) is 5.26 Å². The van der Waals surface area contributed by atoms with Gasteiger partial charge in [-0.15, -0.1) is 0 Å². The zero-order valence-electron chi connectivity index (χ0n) is 11.0. The zero-order chi connectivity index (χ0) is 13.8. The number of rotatable bonds is 4. The minimum Gasteiger partial charge on any atom is -0.369 e. The summed E-state index contributed by atoms with van der Waals surface area (Å²) in [5.41, 5.74) is -0.0510. The third-order valence-corrected chi connectivity index (χ3v) is 3.48. The van der Waals surface area contributed by atoms with Crippen molar-refractivity contribution in [1.29, 1.82) is 5.26 Å². The van der Waals surface area contributed by atoms with Crippen molar-refractivity contribution < 1.29 is 8.78 Å². The number of benzene rings is 1. The number of anilines is 1. The first-order valence-electron chi connectivity index (χ1n) is 6.44. The van der Waals surface area contributed by atoms with Crippen LogP contribution in [-0.2, 0) is 0 Å². The van der Waals surface area contributed by atoms with Crippen molar-refractivity contribution in [1.82, 2.24) is 4.90 Å². The Balaban J connectivity index is 2.06. The van der Waals surface area contributed by atoms with Crippen molar-refractivity contribution in [2.24, 2.45) is 0 Å². The zero-order valence-corrected chi connectivity index (χ0v) is 11.0. The normalized spacial score (nSPS) is 15.5. The number of halogens is 2. The predicted molar refractivity (Wildman–Crippen MR) is 70.0 cm³/mol. The van der Waals surface area contributed by atoms with Crippen molar-refractivity contribution in [3.63, 3.8) is 0 Å². The molecule has 1 heterocycles. The third-order valence-electron chi connectivity index (χ3n) is 3.48. The molecule has 1 aliphatic rings. The van der Waals surface area contributed by atoms with E-state index in [2.05, 4.69) is 4.90 Å². The van der Waals surface area contributed by atoms with E-state index < -0.39 is 11.6 Å². The van der Waals surface area contributed by atoms with Crippen LogP contribution in [0, 0.1) is 23.0 Å². The molecule has 0 bridgehead atoms. The first-order chi connectivity index (χ1) is 9.11. The molecule has 0 aliphatic carbocycles. The second-order valence-corrected chi connectivity index (χ2v) is 4.87. The SMILES string of the molecule is CN(CCN1CCCC1)c1c(F)cc(C#N)cc1F. The maximum absolute atomic E-state index is 13.8. The van der Waals surface area contributed by atoms with Crippen LogP contribution in [0.15, 0.2) is 12.1 Å². The number of likely N-dealkylation sites (tertiary alicyclic amines) is 1. The van der Waals surface area contributed by atoms with Crippen molar-refractivity contribution >= 4 is 5.69 Å². The van der Waals surface area contributed by atoms with Crippen LogP contribution in [0.25, 0.3) is 0 Å². The molecule has 0 spiro atoms. The highest BCUT2D eigenvalue weighted by Crippen LogP contribution is 2.24. The molecule has 5 heteroatoms. The topological polar surface area (TPSA) is 30.3 Å². The number of hydrogen-bond donors (Lipinski definition) is 0. The highest BCUT2D eigenvalue weighted by Gasteiger charge is 2.17. The van der Waals surface area contributed by atoms with E-state index in [9.17, 15) is 8.78 Å². The molecular formula is C14H17F2N3. The summed E-state index contributed by atoms with van der Waals surface area (Å²) >= 11 is 0. The highest BCUT2D eigenvalue weighted by molar-refractivity contribution is 5.52. The lowest BCUT2D eigenvalue weighted by molar-refractivity contribution is 0.346. The molecule has 2 rings (SSSR count). The van der Waals surface area contributed by atoms with Gasteiger partial charge in [-0.25, -0.2) is 8.78 Å². The van der Waals surface area contributed by atoms with Crippen LogP contribution in [0.3, 0.4) is 0 Å². The summed E-state index contributed by atoms with van der Waals surface area (Å²) in [4.78, 5) is 3.86. The van der Waals surface area contributed by atoms with E-state index in [1.54, 1.807) is 18.0 Å². The number of nitriles is 1. The second-order valence-electron chi connectivity index (χ2n) is 4.87. The number of hydrogen-bond acceptors (Lipinski definition) is 3. The molecule has 0 radical (unpaired) electrons. The van der Waals surface area contributed by atoms with Gasteiger partial charge in [0.2, 0.25) is 0 Å². The molecule has 0 saturated carbocycles. The van der Waals surface area contributed by atoms with E-state index in [1.807, 2.05) is 0 Å². The van der Waals surface area contributed by atoms with Gasteiger partial charge in [0, 0.05) is 20.1 Å². The molecule has 1 aliphatic heterocycles. The van der Waals surface area contributed by atoms with Crippen LogP contribution < -0.4 is 4.90 Å². The molecule has 0 aromatic heterocycles. The summed E-state index contributed by atoms with van der Waals surface area (Å²) in [5.74, 6) is -1.36. The van der Waals surface area contributed by atoms with Crippen molar-refractivity contribution in [2.45, 2.75) is 12.8 Å². The predicted octanol–water partition coefficient (Wildman–Crippen LogP) is 2.37. The molecule has 19 heavy (non-hydrogen) atoms. The standard InChI is InChI=1S/C14H17F2N3/c1-18(6-7-19-4-2-3-5-19)14-12(15)8-11(10-17)9-13(14)16/h8-9H,2-7H2,1H3. The van der Waals surface area contributed by atoms with E-state index in [-0.39, 0.29) is 11.3 Å². The molecule has 3 nitrogen and oxygen atoms in total. The largest absolute Gasteiger partial charge is 0.369 e. The Morgan fingerprint density at radius 3 is 2.37 bits per heavy atom. The van der Waals surface area contributed by atoms with Gasteiger partial charge in [-0.05, 0) is 38.1 Å². The Morgan fingerprint density at radius 2 is 1.84 bits per heavy atom. The molecule has 1 saturated heterocycles. The minimum absolute atomic E-state index is 0.00620. The summed E-state index contributed by atoms with van der Waals surface area (Å²) in [6.45, 7) is 3.49. The first kappa shape index (κ1) is 13.8. The van der Waals surface area contributed by atoms with Crippen LogP contribution in [0.1, 0.15) is 18.4 Å². The summed E-state index contributed by atoms with van der Waals surface area (Å²) in [7, 11) is 1.67. The molecule has 0 unspecified atom stereocenters. The molecule has 102 valence electrons. The Kier molecular flexibility index (Phi) is 4.33. The van der Waals surface area contributed by atoms with Gasteiger partial charge in [-0.1, -0.05) is 0 Å². The lowest BCUT2D eigenvalue weighted by atomic mass is 10.2. The average Bonchev–Trinajstić information content (AvgIpc) is 2.88. The van der Waals surface area contributed by atoms with Crippen molar-refractivity contribution in [3.05, 3.63) is 29.3 Å². The smallest absolute Gasteiger partial charge is 0.150 e. The molecule has 1 aromatic carbocycles. The Labute approximate surface area is 112 Å². The fourth-order valence-corrected chi connectivity index (χ4v) is 2.40. The van der Waals surface area contributed by atoms with Gasteiger partial charge in [0.15, 0.2) is 11.6 Å². The highest BCUT2D eigenvalue weighted by atomic mass is 19.1. The summed E-state index contributed by atoms with van der Waals surface area (Å²) in [5, 5.41) is 8.66. The number of nitrogens with zero attached hydrogens (tertiary/aromatic N) is 3. The van der Waals surface area contributed by atoms with E-state index in [4.69, 9.17) is 5.26 Å². The summed E-state index contributed by atoms with van der Waals surface area (Å²) < 4.78 is 27.6. The van der Waals surface area contributed by atoms with E-state index in [1.165, 1.54) is 12.8 Å². The minimum atomic E-state index is -0.680. The quantitative estimate of drug-likeness (QED) is 0.837. The van der Waals surface area contributed by atoms with Crippen LogP contribution in [-0.4, -0.2) is 38.1 Å². The van der Waals surface area contributed by atoms with Gasteiger partial charge in [0.25, 0.3) is 0 Å². The van der Waals surface area contributed by atoms with Gasteiger partial charge in [0.05, 0.1) is 11.6 Å². The molecule has 0 N–H and O–H groups in total. The summed E-state index contributed by atoms with van der Waals surface area (Å²) in [6.07, 6.45) is 2.40. The third kappa shape index (κ3) is 3.21. The molecule has 0 atom stereocenters. The second kappa shape index (κ2) is 5.98.